The van der Waals surface area contributed by atoms with Gasteiger partial charge in [-0.25, -0.2) is 0 Å². The summed E-state index contributed by atoms with van der Waals surface area (Å²) in [5, 5.41) is 2.04. The highest BCUT2D eigenvalue weighted by molar-refractivity contribution is 8.18. The van der Waals surface area contributed by atoms with Crippen LogP contribution in [0.15, 0.2) is 82.6 Å². The highest BCUT2D eigenvalue weighted by Gasteiger charge is 2.36. The second-order valence-corrected chi connectivity index (χ2v) is 10.5. The van der Waals surface area contributed by atoms with E-state index in [0.717, 1.165) is 10.5 Å². The van der Waals surface area contributed by atoms with E-state index in [4.69, 9.17) is 8.92 Å². The van der Waals surface area contributed by atoms with Crippen LogP contribution in [0.5, 0.6) is 11.5 Å². The number of nitrogens with one attached hydrogen (secondary N) is 1. The maximum Gasteiger partial charge on any atom is 0.339 e. The second-order valence-electron chi connectivity index (χ2n) is 7.94. The lowest BCUT2D eigenvalue weighted by atomic mass is 10.2. The first kappa shape index (κ1) is 26.0. The van der Waals surface area contributed by atoms with E-state index in [1.54, 1.807) is 48.5 Å². The number of hydrogen-bond acceptors (Lipinski definition) is 8. The van der Waals surface area contributed by atoms with Gasteiger partial charge in [-0.1, -0.05) is 42.0 Å². The molecule has 3 amide bonds. The van der Waals surface area contributed by atoms with Gasteiger partial charge in [-0.3, -0.25) is 19.3 Å². The first-order valence-electron chi connectivity index (χ1n) is 11.0. The van der Waals surface area contributed by atoms with Gasteiger partial charge in [-0.15, -0.1) is 0 Å². The Morgan fingerprint density at radius 3 is 2.38 bits per heavy atom. The molecular weight excluding hydrogens is 516 g/mol. The second kappa shape index (κ2) is 10.9. The smallest absolute Gasteiger partial charge is 0.339 e. The molecule has 1 aliphatic rings. The quantitative estimate of drug-likeness (QED) is 0.330. The minimum absolute atomic E-state index is 0.0274. The van der Waals surface area contributed by atoms with E-state index < -0.39 is 33.7 Å². The van der Waals surface area contributed by atoms with Crippen molar-refractivity contribution in [3.05, 3.63) is 88.8 Å². The van der Waals surface area contributed by atoms with Crippen LogP contribution in [0.3, 0.4) is 0 Å². The minimum atomic E-state index is -4.15. The fourth-order valence-electron chi connectivity index (χ4n) is 3.37. The van der Waals surface area contributed by atoms with Crippen LogP contribution in [-0.2, 0) is 19.7 Å². The summed E-state index contributed by atoms with van der Waals surface area (Å²) in [5.74, 6) is -1.07. The number of carbonyl (C=O) groups excluding carboxylic acids is 3. The summed E-state index contributed by atoms with van der Waals surface area (Å²) in [6.07, 6.45) is 1.42. The number of para-hydroxylation sites is 1. The van der Waals surface area contributed by atoms with Crippen molar-refractivity contribution in [2.45, 2.75) is 11.8 Å². The predicted octanol–water partition coefficient (Wildman–Crippen LogP) is 4.45. The molecule has 9 nitrogen and oxygen atoms in total. The van der Waals surface area contributed by atoms with Crippen molar-refractivity contribution in [3.8, 4) is 11.5 Å². The lowest BCUT2D eigenvalue weighted by Gasteiger charge is -2.12. The van der Waals surface area contributed by atoms with E-state index >= 15 is 0 Å². The van der Waals surface area contributed by atoms with E-state index in [9.17, 15) is 22.8 Å². The molecule has 11 heteroatoms. The van der Waals surface area contributed by atoms with E-state index in [0.29, 0.717) is 23.0 Å². The van der Waals surface area contributed by atoms with Crippen molar-refractivity contribution in [2.24, 2.45) is 0 Å². The van der Waals surface area contributed by atoms with E-state index in [2.05, 4.69) is 5.32 Å². The number of imide groups is 1. The van der Waals surface area contributed by atoms with Crippen molar-refractivity contribution in [2.75, 3.05) is 19.0 Å². The SMILES string of the molecule is COc1ccc(/C=C2\SC(=O)N(CC(=O)Nc3ccccc3)C2=O)cc1OS(=O)(=O)c1ccc(C)cc1. The standard InChI is InChI=1S/C26H22N2O7S2/c1-17-8-11-20(12-9-17)37(32,33)35-22-14-18(10-13-21(22)34-2)15-23-25(30)28(26(31)36-23)16-24(29)27-19-6-4-3-5-7-19/h3-15H,16H2,1-2H3,(H,27,29)/b23-15-. The topological polar surface area (TPSA) is 119 Å². The Bertz CT molecular complexity index is 1490. The lowest BCUT2D eigenvalue weighted by molar-refractivity contribution is -0.127. The van der Waals surface area contributed by atoms with E-state index in [1.807, 2.05) is 6.92 Å². The normalized spacial score (nSPS) is 14.6. The number of hydrogen-bond donors (Lipinski definition) is 1. The molecule has 37 heavy (non-hydrogen) atoms. The first-order chi connectivity index (χ1) is 17.7. The van der Waals surface area contributed by atoms with Crippen molar-refractivity contribution in [1.29, 1.82) is 0 Å². The van der Waals surface area contributed by atoms with Gasteiger partial charge in [-0.2, -0.15) is 8.42 Å². The van der Waals surface area contributed by atoms with Gasteiger partial charge >= 0.3 is 10.1 Å². The van der Waals surface area contributed by atoms with Crippen LogP contribution < -0.4 is 14.2 Å². The molecule has 190 valence electrons. The van der Waals surface area contributed by atoms with Gasteiger partial charge in [0, 0.05) is 5.69 Å². The van der Waals surface area contributed by atoms with Crippen LogP contribution in [-0.4, -0.2) is 44.0 Å². The summed E-state index contributed by atoms with van der Waals surface area (Å²) >= 11 is 0.680. The summed E-state index contributed by atoms with van der Waals surface area (Å²) in [5.41, 5.74) is 1.83. The van der Waals surface area contributed by atoms with Crippen LogP contribution >= 0.6 is 11.8 Å². The summed E-state index contributed by atoms with van der Waals surface area (Å²) in [6.45, 7) is 1.39. The number of ether oxygens (including phenoxy) is 1. The number of benzene rings is 3. The Hall–Kier alpha value is -4.09. The van der Waals surface area contributed by atoms with Crippen LogP contribution in [0.1, 0.15) is 11.1 Å². The van der Waals surface area contributed by atoms with Gasteiger partial charge in [0.15, 0.2) is 11.5 Å². The number of anilines is 1. The number of carbonyl (C=O) groups is 3. The Morgan fingerprint density at radius 1 is 1.00 bits per heavy atom. The third-order valence-electron chi connectivity index (χ3n) is 5.23. The maximum absolute atomic E-state index is 12.8. The molecule has 0 spiro atoms. The number of amides is 3. The average Bonchev–Trinajstić information content (AvgIpc) is 3.12. The zero-order chi connectivity index (χ0) is 26.6. The number of rotatable bonds is 8. The van der Waals surface area contributed by atoms with Crippen LogP contribution in [0.4, 0.5) is 10.5 Å². The number of aryl methyl sites for hydroxylation is 1. The first-order valence-corrected chi connectivity index (χ1v) is 13.2. The molecule has 3 aromatic carbocycles. The molecule has 0 saturated carbocycles. The molecule has 0 radical (unpaired) electrons. The molecule has 0 aromatic heterocycles. The molecule has 1 saturated heterocycles. The maximum atomic E-state index is 12.8. The molecule has 1 fully saturated rings. The van der Waals surface area contributed by atoms with Crippen LogP contribution in [0, 0.1) is 6.92 Å². The van der Waals surface area contributed by atoms with Crippen molar-refractivity contribution in [1.82, 2.24) is 4.90 Å². The Morgan fingerprint density at radius 2 is 1.70 bits per heavy atom. The molecule has 3 aromatic rings. The summed E-state index contributed by atoms with van der Waals surface area (Å²) in [4.78, 5) is 38.5. The molecule has 0 atom stereocenters. The average molecular weight is 539 g/mol. The summed E-state index contributed by atoms with van der Waals surface area (Å²) in [7, 11) is -2.79. The lowest BCUT2D eigenvalue weighted by Crippen LogP contribution is -2.36. The van der Waals surface area contributed by atoms with Crippen LogP contribution in [0.2, 0.25) is 0 Å². The number of methoxy groups -OCH3 is 1. The third kappa shape index (κ3) is 6.19. The number of thioether (sulfide) groups is 1. The van der Waals surface area contributed by atoms with Crippen molar-refractivity contribution in [3.63, 3.8) is 0 Å². The molecule has 0 unspecified atom stereocenters. The molecule has 0 bridgehead atoms. The van der Waals surface area contributed by atoms with Crippen LogP contribution in [0.25, 0.3) is 6.08 Å². The van der Waals surface area contributed by atoms with Gasteiger partial charge < -0.3 is 14.2 Å². The molecule has 1 N–H and O–H groups in total. The summed E-state index contributed by atoms with van der Waals surface area (Å²) in [6, 6.07) is 19.3. The molecule has 4 rings (SSSR count). The fourth-order valence-corrected chi connectivity index (χ4v) is 5.14. The molecule has 0 aliphatic carbocycles. The summed E-state index contributed by atoms with van der Waals surface area (Å²) < 4.78 is 36.1. The molecular formula is C26H22N2O7S2. The molecule has 1 aliphatic heterocycles. The Kier molecular flexibility index (Phi) is 7.65. The van der Waals surface area contributed by atoms with Crippen molar-refractivity contribution < 1.29 is 31.7 Å². The van der Waals surface area contributed by atoms with Gasteiger partial charge in [0.05, 0.1) is 12.0 Å². The van der Waals surface area contributed by atoms with Gasteiger partial charge in [0.25, 0.3) is 11.1 Å². The third-order valence-corrected chi connectivity index (χ3v) is 7.38. The molecule has 1 heterocycles. The minimum Gasteiger partial charge on any atom is -0.493 e. The van der Waals surface area contributed by atoms with E-state index in [-0.39, 0.29) is 21.3 Å². The van der Waals surface area contributed by atoms with Crippen molar-refractivity contribution >= 4 is 50.7 Å². The van der Waals surface area contributed by atoms with Gasteiger partial charge in [0.1, 0.15) is 11.4 Å². The zero-order valence-corrected chi connectivity index (χ0v) is 21.5. The monoisotopic (exact) mass is 538 g/mol. The largest absolute Gasteiger partial charge is 0.493 e. The highest BCUT2D eigenvalue weighted by atomic mass is 32.2. The Balaban J connectivity index is 1.53. The number of nitrogens with zero attached hydrogens (tertiary/aromatic N) is 1. The predicted molar refractivity (Wildman–Crippen MR) is 140 cm³/mol. The van der Waals surface area contributed by atoms with Gasteiger partial charge in [0.2, 0.25) is 5.91 Å². The van der Waals surface area contributed by atoms with E-state index in [1.165, 1.54) is 37.5 Å². The Labute approximate surface area is 218 Å². The van der Waals surface area contributed by atoms with Gasteiger partial charge in [-0.05, 0) is 66.7 Å². The zero-order valence-electron chi connectivity index (χ0n) is 19.8. The fraction of sp³-hybridized carbons (Fsp3) is 0.115. The highest BCUT2D eigenvalue weighted by Crippen LogP contribution is 2.35.